The fraction of sp³-hybridized carbons (Fsp3) is 0.286. The Morgan fingerprint density at radius 3 is 2.68 bits per heavy atom. The maximum Gasteiger partial charge on any atom is 0.420 e. The first-order valence-corrected chi connectivity index (χ1v) is 6.43. The van der Waals surface area contributed by atoms with Crippen LogP contribution < -0.4 is 0 Å². The van der Waals surface area contributed by atoms with E-state index in [0.29, 0.717) is 10.9 Å². The maximum absolute atomic E-state index is 12.2. The zero-order valence-corrected chi connectivity index (χ0v) is 12.1. The second-order valence-corrected chi connectivity index (χ2v) is 5.39. The van der Waals surface area contributed by atoms with Crippen molar-refractivity contribution in [1.29, 1.82) is 0 Å². The van der Waals surface area contributed by atoms with Gasteiger partial charge in [-0.15, -0.1) is 0 Å². The summed E-state index contributed by atoms with van der Waals surface area (Å²) in [4.78, 5) is 34.8. The molecule has 0 bridgehead atoms. The van der Waals surface area contributed by atoms with Crippen molar-refractivity contribution in [3.8, 4) is 0 Å². The van der Waals surface area contributed by atoms with Crippen molar-refractivity contribution in [2.45, 2.75) is 19.4 Å². The maximum atomic E-state index is 12.2. The van der Waals surface area contributed by atoms with Crippen molar-refractivity contribution < 1.29 is 24.0 Å². The standard InChI is InChI=1S/C14H12N2O6/c1-14(2)10-8(16(19)20)5-4-7-6-9(12(17)21-3)15(11(7)10)13(18)22-14/h4-6H,1-3H3. The van der Waals surface area contributed by atoms with Gasteiger partial charge in [0.15, 0.2) is 0 Å². The Balaban J connectivity index is 2.50. The fourth-order valence-corrected chi connectivity index (χ4v) is 2.79. The van der Waals surface area contributed by atoms with Gasteiger partial charge in [0.25, 0.3) is 5.69 Å². The number of hydrogen-bond acceptors (Lipinski definition) is 6. The van der Waals surface area contributed by atoms with E-state index in [1.807, 2.05) is 0 Å². The van der Waals surface area contributed by atoms with E-state index < -0.39 is 22.6 Å². The van der Waals surface area contributed by atoms with Gasteiger partial charge in [-0.25, -0.2) is 14.2 Å². The monoisotopic (exact) mass is 304 g/mol. The highest BCUT2D eigenvalue weighted by molar-refractivity contribution is 6.04. The van der Waals surface area contributed by atoms with E-state index in [1.165, 1.54) is 25.3 Å². The SMILES string of the molecule is COC(=O)c1cc2ccc([N+](=O)[O-])c3c2n1C(=O)OC3(C)C. The number of benzene rings is 1. The molecule has 0 atom stereocenters. The van der Waals surface area contributed by atoms with Gasteiger partial charge in [0.05, 0.1) is 23.1 Å². The second-order valence-electron chi connectivity index (χ2n) is 5.39. The third-order valence-corrected chi connectivity index (χ3v) is 3.66. The number of carbonyl (C=O) groups excluding carboxylic acids is 2. The number of nitro benzene ring substituents is 1. The molecule has 0 radical (unpaired) electrons. The lowest BCUT2D eigenvalue weighted by Gasteiger charge is -2.30. The highest BCUT2D eigenvalue weighted by atomic mass is 16.6. The van der Waals surface area contributed by atoms with Gasteiger partial charge < -0.3 is 9.47 Å². The number of nitro groups is 1. The number of aromatic nitrogens is 1. The molecule has 0 N–H and O–H groups in total. The molecule has 8 heteroatoms. The normalized spacial score (nSPS) is 15.5. The van der Waals surface area contributed by atoms with Crippen molar-refractivity contribution in [3.63, 3.8) is 0 Å². The van der Waals surface area contributed by atoms with Crippen LogP contribution in [0.4, 0.5) is 10.5 Å². The minimum absolute atomic E-state index is 0.0280. The molecule has 8 nitrogen and oxygen atoms in total. The lowest BCUT2D eigenvalue weighted by molar-refractivity contribution is -0.386. The zero-order chi connectivity index (χ0) is 16.2. The van der Waals surface area contributed by atoms with Gasteiger partial charge in [-0.1, -0.05) is 0 Å². The highest BCUT2D eigenvalue weighted by Crippen LogP contribution is 2.43. The Hall–Kier alpha value is -2.90. The third-order valence-electron chi connectivity index (χ3n) is 3.66. The number of carbonyl (C=O) groups is 2. The largest absolute Gasteiger partial charge is 0.464 e. The van der Waals surface area contributed by atoms with Crippen LogP contribution in [0.3, 0.4) is 0 Å². The summed E-state index contributed by atoms with van der Waals surface area (Å²) in [5.74, 6) is -0.721. The fourth-order valence-electron chi connectivity index (χ4n) is 2.79. The minimum atomic E-state index is -1.18. The van der Waals surface area contributed by atoms with E-state index in [4.69, 9.17) is 4.74 Å². The van der Waals surface area contributed by atoms with Gasteiger partial charge in [0.1, 0.15) is 11.3 Å². The lowest BCUT2D eigenvalue weighted by Crippen LogP contribution is -2.35. The molecule has 0 fully saturated rings. The number of nitrogens with zero attached hydrogens (tertiary/aromatic N) is 2. The lowest BCUT2D eigenvalue weighted by atomic mass is 9.93. The number of esters is 1. The molecule has 0 amide bonds. The topological polar surface area (TPSA) is 101 Å². The van der Waals surface area contributed by atoms with Gasteiger partial charge in [-0.3, -0.25) is 10.1 Å². The zero-order valence-electron chi connectivity index (χ0n) is 12.1. The summed E-state index contributed by atoms with van der Waals surface area (Å²) in [7, 11) is 1.19. The molecule has 114 valence electrons. The predicted octanol–water partition coefficient (Wildman–Crippen LogP) is 2.57. The van der Waals surface area contributed by atoms with Crippen LogP contribution in [0, 0.1) is 10.1 Å². The van der Waals surface area contributed by atoms with E-state index >= 15 is 0 Å². The predicted molar refractivity (Wildman–Crippen MR) is 74.8 cm³/mol. The number of ether oxygens (including phenoxy) is 2. The van der Waals surface area contributed by atoms with Gasteiger partial charge in [-0.05, 0) is 26.0 Å². The number of cyclic esters (lactones) is 1. The molecule has 1 aromatic heterocycles. The molecule has 1 aromatic carbocycles. The van der Waals surface area contributed by atoms with Crippen LogP contribution in [0.25, 0.3) is 10.9 Å². The molecule has 2 aromatic rings. The molecule has 0 spiro atoms. The van der Waals surface area contributed by atoms with Crippen LogP contribution in [0.1, 0.15) is 29.9 Å². The summed E-state index contributed by atoms with van der Waals surface area (Å²) in [6.45, 7) is 3.14. The summed E-state index contributed by atoms with van der Waals surface area (Å²) >= 11 is 0. The average molecular weight is 304 g/mol. The smallest absolute Gasteiger partial charge is 0.420 e. The van der Waals surface area contributed by atoms with Crippen LogP contribution in [-0.4, -0.2) is 28.7 Å². The Labute approximate surface area is 124 Å². The van der Waals surface area contributed by atoms with Crippen molar-refractivity contribution >= 4 is 28.7 Å². The van der Waals surface area contributed by atoms with Gasteiger partial charge in [0.2, 0.25) is 0 Å². The highest BCUT2D eigenvalue weighted by Gasteiger charge is 2.42. The van der Waals surface area contributed by atoms with Gasteiger partial charge >= 0.3 is 12.1 Å². The van der Waals surface area contributed by atoms with Crippen LogP contribution in [0.15, 0.2) is 18.2 Å². The molecule has 22 heavy (non-hydrogen) atoms. The Bertz CT molecular complexity index is 849. The van der Waals surface area contributed by atoms with Crippen molar-refractivity contribution in [2.24, 2.45) is 0 Å². The van der Waals surface area contributed by atoms with E-state index in [2.05, 4.69) is 4.74 Å². The van der Waals surface area contributed by atoms with E-state index in [1.54, 1.807) is 13.8 Å². The van der Waals surface area contributed by atoms with Crippen LogP contribution in [0.2, 0.25) is 0 Å². The molecule has 1 aliphatic heterocycles. The average Bonchev–Trinajstić information content (AvgIpc) is 2.82. The summed E-state index contributed by atoms with van der Waals surface area (Å²) in [6, 6.07) is 4.29. The molecule has 0 unspecified atom stereocenters. The number of hydrogen-bond donors (Lipinski definition) is 0. The first kappa shape index (κ1) is 14.1. The molecular weight excluding hydrogens is 292 g/mol. The van der Waals surface area contributed by atoms with Crippen molar-refractivity contribution in [1.82, 2.24) is 4.57 Å². The number of methoxy groups -OCH3 is 1. The molecule has 0 saturated carbocycles. The Kier molecular flexibility index (Phi) is 2.74. The second kappa shape index (κ2) is 4.30. The molecule has 1 aliphatic rings. The van der Waals surface area contributed by atoms with Crippen LogP contribution in [-0.2, 0) is 15.1 Å². The Morgan fingerprint density at radius 2 is 2.09 bits per heavy atom. The third kappa shape index (κ3) is 1.70. The van der Waals surface area contributed by atoms with Gasteiger partial charge in [-0.2, -0.15) is 0 Å². The first-order chi connectivity index (χ1) is 10.3. The van der Waals surface area contributed by atoms with Crippen molar-refractivity contribution in [3.05, 3.63) is 39.6 Å². The molecule has 2 heterocycles. The van der Waals surface area contributed by atoms with Crippen LogP contribution >= 0.6 is 0 Å². The summed E-state index contributed by atoms with van der Waals surface area (Å²) in [5.41, 5.74) is -0.818. The summed E-state index contributed by atoms with van der Waals surface area (Å²) in [5, 5.41) is 11.8. The minimum Gasteiger partial charge on any atom is -0.464 e. The quantitative estimate of drug-likeness (QED) is 0.480. The summed E-state index contributed by atoms with van der Waals surface area (Å²) in [6.07, 6.45) is -0.770. The number of rotatable bonds is 2. The summed E-state index contributed by atoms with van der Waals surface area (Å²) < 4.78 is 11.0. The first-order valence-electron chi connectivity index (χ1n) is 6.43. The van der Waals surface area contributed by atoms with E-state index in [-0.39, 0.29) is 16.9 Å². The van der Waals surface area contributed by atoms with Gasteiger partial charge in [0, 0.05) is 11.5 Å². The Morgan fingerprint density at radius 1 is 1.41 bits per heavy atom. The molecule has 0 aliphatic carbocycles. The van der Waals surface area contributed by atoms with Crippen molar-refractivity contribution in [2.75, 3.05) is 7.11 Å². The van der Waals surface area contributed by atoms with E-state index in [0.717, 1.165) is 4.57 Å². The van der Waals surface area contributed by atoms with Crippen LogP contribution in [0.5, 0.6) is 0 Å². The molecule has 3 rings (SSSR count). The molecule has 0 saturated heterocycles. The van der Waals surface area contributed by atoms with E-state index in [9.17, 15) is 19.7 Å². The molecular formula is C14H12N2O6.